The minimum Gasteiger partial charge on any atom is -0.299 e. The van der Waals surface area contributed by atoms with Crippen LogP contribution in [0.15, 0.2) is 47.9 Å². The number of hydrogen-bond donors (Lipinski definition) is 0. The van der Waals surface area contributed by atoms with Crippen LogP contribution in [-0.2, 0) is 12.8 Å². The molecule has 2 heterocycles. The highest BCUT2D eigenvalue weighted by Crippen LogP contribution is 2.42. The van der Waals surface area contributed by atoms with E-state index in [2.05, 4.69) is 31.9 Å². The Hall–Kier alpha value is -2.47. The minimum atomic E-state index is -0.202. The summed E-state index contributed by atoms with van der Waals surface area (Å²) in [6.45, 7) is 1.97. The number of aromatic nitrogens is 4. The summed E-state index contributed by atoms with van der Waals surface area (Å²) in [5.41, 5.74) is 4.56. The Labute approximate surface area is 168 Å². The van der Waals surface area contributed by atoms with Gasteiger partial charge in [-0.05, 0) is 68.4 Å². The molecule has 1 aromatic carbocycles. The highest BCUT2D eigenvalue weighted by molar-refractivity contribution is 8.00. The average Bonchev–Trinajstić information content (AvgIpc) is 3.31. The Morgan fingerprint density at radius 2 is 1.89 bits per heavy atom. The summed E-state index contributed by atoms with van der Waals surface area (Å²) in [7, 11) is 0. The van der Waals surface area contributed by atoms with Gasteiger partial charge in [-0.3, -0.25) is 14.3 Å². The van der Waals surface area contributed by atoms with Crippen LogP contribution < -0.4 is 0 Å². The van der Waals surface area contributed by atoms with Gasteiger partial charge in [0.25, 0.3) is 0 Å². The second-order valence-electron chi connectivity index (χ2n) is 7.60. The highest BCUT2D eigenvalue weighted by atomic mass is 32.2. The summed E-state index contributed by atoms with van der Waals surface area (Å²) in [6.07, 6.45) is 9.23. The monoisotopic (exact) mass is 390 g/mol. The lowest BCUT2D eigenvalue weighted by Crippen LogP contribution is -2.15. The Bertz CT molecular complexity index is 1030. The molecule has 0 bridgehead atoms. The second kappa shape index (κ2) is 7.17. The first-order valence-electron chi connectivity index (χ1n) is 9.88. The lowest BCUT2D eigenvalue weighted by molar-refractivity contribution is 0.0993. The summed E-state index contributed by atoms with van der Waals surface area (Å²) in [4.78, 5) is 17.1. The Kier molecular flexibility index (Phi) is 4.51. The first kappa shape index (κ1) is 17.6. The van der Waals surface area contributed by atoms with E-state index in [-0.39, 0.29) is 11.0 Å². The molecule has 2 aliphatic rings. The van der Waals surface area contributed by atoms with E-state index < -0.39 is 0 Å². The van der Waals surface area contributed by atoms with E-state index in [9.17, 15) is 4.79 Å². The second-order valence-corrected chi connectivity index (χ2v) is 8.91. The van der Waals surface area contributed by atoms with Crippen LogP contribution >= 0.6 is 11.8 Å². The molecule has 3 aromatic rings. The predicted molar refractivity (Wildman–Crippen MR) is 110 cm³/mol. The van der Waals surface area contributed by atoms with Crippen molar-refractivity contribution < 1.29 is 4.79 Å². The first-order valence-corrected chi connectivity index (χ1v) is 10.8. The summed E-state index contributed by atoms with van der Waals surface area (Å²) in [5.74, 6) is 1.03. The summed E-state index contributed by atoms with van der Waals surface area (Å²) in [6, 6.07) is 10.5. The standard InChI is InChI=1S/C22H22N4OS/c1-14(20(27)18-6-5-15-3-2-4-17(15)13-18)28-22-25-24-21(26(22)19-7-8-19)16-9-11-23-12-10-16/h5-6,9-14,19H,2-4,7-8H2,1H3/t14-/m1/s1. The van der Waals surface area contributed by atoms with Crippen LogP contribution in [-0.4, -0.2) is 30.8 Å². The number of fused-ring (bicyclic) bond motifs is 1. The van der Waals surface area contributed by atoms with Crippen molar-refractivity contribution in [2.75, 3.05) is 0 Å². The van der Waals surface area contributed by atoms with Crippen LogP contribution in [0.3, 0.4) is 0 Å². The van der Waals surface area contributed by atoms with Crippen molar-refractivity contribution in [3.05, 3.63) is 59.4 Å². The number of carbonyl (C=O) groups is 1. The molecule has 0 amide bonds. The number of rotatable bonds is 6. The van der Waals surface area contributed by atoms with Crippen LogP contribution in [0.2, 0.25) is 0 Å². The molecule has 2 aromatic heterocycles. The number of pyridine rings is 1. The van der Waals surface area contributed by atoms with E-state index in [1.54, 1.807) is 12.4 Å². The maximum atomic E-state index is 13.0. The number of benzene rings is 1. The van der Waals surface area contributed by atoms with Gasteiger partial charge in [-0.2, -0.15) is 0 Å². The maximum absolute atomic E-state index is 13.0. The van der Waals surface area contributed by atoms with E-state index in [0.717, 1.165) is 47.8 Å². The van der Waals surface area contributed by atoms with Gasteiger partial charge in [-0.15, -0.1) is 10.2 Å². The zero-order chi connectivity index (χ0) is 19.1. The van der Waals surface area contributed by atoms with Gasteiger partial charge in [0.15, 0.2) is 16.8 Å². The molecule has 0 spiro atoms. The van der Waals surface area contributed by atoms with Gasteiger partial charge in [0.05, 0.1) is 5.25 Å². The van der Waals surface area contributed by atoms with Crippen LogP contribution in [0.4, 0.5) is 0 Å². The van der Waals surface area contributed by atoms with Crippen molar-refractivity contribution in [1.29, 1.82) is 0 Å². The molecule has 0 aliphatic heterocycles. The molecule has 28 heavy (non-hydrogen) atoms. The third kappa shape index (κ3) is 3.26. The molecule has 0 radical (unpaired) electrons. The highest BCUT2D eigenvalue weighted by Gasteiger charge is 2.31. The van der Waals surface area contributed by atoms with Gasteiger partial charge in [-0.1, -0.05) is 23.9 Å². The lowest BCUT2D eigenvalue weighted by Gasteiger charge is -2.13. The molecule has 1 atom stereocenters. The Balaban J connectivity index is 1.40. The van der Waals surface area contributed by atoms with E-state index in [1.165, 1.54) is 29.3 Å². The summed E-state index contributed by atoms with van der Waals surface area (Å²) in [5, 5.41) is 9.49. The summed E-state index contributed by atoms with van der Waals surface area (Å²) >= 11 is 1.51. The molecule has 0 unspecified atom stereocenters. The number of nitrogens with zero attached hydrogens (tertiary/aromatic N) is 4. The molecule has 0 N–H and O–H groups in total. The van der Waals surface area contributed by atoms with Gasteiger partial charge in [0.1, 0.15) is 0 Å². The Morgan fingerprint density at radius 1 is 1.11 bits per heavy atom. The zero-order valence-electron chi connectivity index (χ0n) is 15.8. The Morgan fingerprint density at radius 3 is 2.68 bits per heavy atom. The van der Waals surface area contributed by atoms with Gasteiger partial charge >= 0.3 is 0 Å². The molecule has 6 heteroatoms. The van der Waals surface area contributed by atoms with Crippen LogP contribution in [0, 0.1) is 0 Å². The van der Waals surface area contributed by atoms with E-state index in [1.807, 2.05) is 25.1 Å². The third-order valence-electron chi connectivity index (χ3n) is 5.55. The molecule has 5 nitrogen and oxygen atoms in total. The van der Waals surface area contributed by atoms with Crippen molar-refractivity contribution in [1.82, 2.24) is 19.7 Å². The number of aryl methyl sites for hydroxylation is 2. The smallest absolute Gasteiger partial charge is 0.192 e. The molecule has 5 rings (SSSR count). The fourth-order valence-electron chi connectivity index (χ4n) is 3.89. The molecule has 2 aliphatic carbocycles. The van der Waals surface area contributed by atoms with Gasteiger partial charge in [-0.25, -0.2) is 0 Å². The van der Waals surface area contributed by atoms with E-state index in [0.29, 0.717) is 6.04 Å². The fraction of sp³-hybridized carbons (Fsp3) is 0.364. The molecule has 1 saturated carbocycles. The van der Waals surface area contributed by atoms with Gasteiger partial charge in [0.2, 0.25) is 0 Å². The van der Waals surface area contributed by atoms with Gasteiger partial charge < -0.3 is 0 Å². The van der Waals surface area contributed by atoms with Crippen LogP contribution in [0.1, 0.15) is 53.7 Å². The zero-order valence-corrected chi connectivity index (χ0v) is 16.7. The third-order valence-corrected chi connectivity index (χ3v) is 6.61. The van der Waals surface area contributed by atoms with Crippen molar-refractivity contribution in [3.8, 4) is 11.4 Å². The number of thioether (sulfide) groups is 1. The van der Waals surface area contributed by atoms with Crippen molar-refractivity contribution >= 4 is 17.5 Å². The predicted octanol–water partition coefficient (Wildman–Crippen LogP) is 4.53. The molecular formula is C22H22N4OS. The number of hydrogen-bond acceptors (Lipinski definition) is 5. The number of carbonyl (C=O) groups excluding carboxylic acids is 1. The van der Waals surface area contributed by atoms with Crippen LogP contribution in [0.5, 0.6) is 0 Å². The number of ketones is 1. The molecule has 0 saturated heterocycles. The van der Waals surface area contributed by atoms with E-state index in [4.69, 9.17) is 0 Å². The number of Topliss-reactive ketones (excluding diaryl/α,β-unsaturated/α-hetero) is 1. The van der Waals surface area contributed by atoms with Crippen molar-refractivity contribution in [2.24, 2.45) is 0 Å². The fourth-order valence-corrected chi connectivity index (χ4v) is 4.88. The van der Waals surface area contributed by atoms with Crippen LogP contribution in [0.25, 0.3) is 11.4 Å². The SMILES string of the molecule is C[C@@H](Sc1nnc(-c2ccncc2)n1C1CC1)C(=O)c1ccc2c(c1)CCC2. The largest absolute Gasteiger partial charge is 0.299 e. The normalized spacial score (nSPS) is 16.8. The topological polar surface area (TPSA) is 60.7 Å². The molecular weight excluding hydrogens is 368 g/mol. The first-order chi connectivity index (χ1) is 13.7. The average molecular weight is 391 g/mol. The minimum absolute atomic E-state index is 0.163. The molecule has 1 fully saturated rings. The van der Waals surface area contributed by atoms with Crippen molar-refractivity contribution in [3.63, 3.8) is 0 Å². The molecule has 142 valence electrons. The maximum Gasteiger partial charge on any atom is 0.192 e. The van der Waals surface area contributed by atoms with E-state index >= 15 is 0 Å². The quantitative estimate of drug-likeness (QED) is 0.457. The van der Waals surface area contributed by atoms with Gasteiger partial charge in [0, 0.05) is 29.6 Å². The van der Waals surface area contributed by atoms with Crippen molar-refractivity contribution in [2.45, 2.75) is 55.5 Å². The summed E-state index contributed by atoms with van der Waals surface area (Å²) < 4.78 is 2.20. The lowest BCUT2D eigenvalue weighted by atomic mass is 10.0.